The molecule has 0 aliphatic carbocycles. The van der Waals surface area contributed by atoms with E-state index in [0.29, 0.717) is 6.04 Å². The van der Waals surface area contributed by atoms with Gasteiger partial charge < -0.3 is 10.6 Å². The molecular formula is C19H27N5S. The van der Waals surface area contributed by atoms with Crippen molar-refractivity contribution in [2.24, 2.45) is 4.99 Å². The normalized spacial score (nSPS) is 18.5. The molecular weight excluding hydrogens is 330 g/mol. The molecule has 1 fully saturated rings. The fourth-order valence-electron chi connectivity index (χ4n) is 3.25. The first kappa shape index (κ1) is 17.9. The highest BCUT2D eigenvalue weighted by Crippen LogP contribution is 2.19. The molecule has 0 saturated carbocycles. The summed E-state index contributed by atoms with van der Waals surface area (Å²) in [5.74, 6) is 0.859. The number of aliphatic imine (C=N–C) groups is 1. The molecule has 25 heavy (non-hydrogen) atoms. The Labute approximate surface area is 154 Å². The molecule has 1 aromatic heterocycles. The van der Waals surface area contributed by atoms with Crippen LogP contribution in [0.1, 0.15) is 28.3 Å². The summed E-state index contributed by atoms with van der Waals surface area (Å²) in [4.78, 5) is 12.4. The third-order valence-electron chi connectivity index (χ3n) is 4.56. The van der Waals surface area contributed by atoms with E-state index in [1.54, 1.807) is 11.3 Å². The smallest absolute Gasteiger partial charge is 0.191 e. The van der Waals surface area contributed by atoms with Gasteiger partial charge in [-0.1, -0.05) is 30.3 Å². The number of guanidine groups is 1. The highest BCUT2D eigenvalue weighted by Gasteiger charge is 2.24. The Morgan fingerprint density at radius 3 is 2.88 bits per heavy atom. The third kappa shape index (κ3) is 5.28. The maximum absolute atomic E-state index is 4.34. The van der Waals surface area contributed by atoms with Crippen molar-refractivity contribution in [2.75, 3.05) is 20.1 Å². The summed E-state index contributed by atoms with van der Waals surface area (Å²) >= 11 is 1.72. The first-order valence-corrected chi connectivity index (χ1v) is 9.70. The van der Waals surface area contributed by atoms with Crippen LogP contribution in [-0.2, 0) is 13.1 Å². The minimum absolute atomic E-state index is 0.560. The molecule has 0 radical (unpaired) electrons. The van der Waals surface area contributed by atoms with Crippen LogP contribution >= 0.6 is 11.3 Å². The van der Waals surface area contributed by atoms with Gasteiger partial charge in [0, 0.05) is 37.3 Å². The summed E-state index contributed by atoms with van der Waals surface area (Å²) in [5, 5.41) is 7.96. The Morgan fingerprint density at radius 1 is 1.32 bits per heavy atom. The Morgan fingerprint density at radius 2 is 2.16 bits per heavy atom. The van der Waals surface area contributed by atoms with Gasteiger partial charge in [-0.2, -0.15) is 0 Å². The topological polar surface area (TPSA) is 52.6 Å². The van der Waals surface area contributed by atoms with Crippen molar-refractivity contribution in [1.29, 1.82) is 0 Å². The quantitative estimate of drug-likeness (QED) is 0.617. The van der Waals surface area contributed by atoms with E-state index in [9.17, 15) is 0 Å². The molecule has 1 saturated heterocycles. The average Bonchev–Trinajstić information content (AvgIpc) is 3.25. The Balaban J connectivity index is 1.47. The van der Waals surface area contributed by atoms with Crippen LogP contribution in [-0.4, -0.2) is 42.0 Å². The van der Waals surface area contributed by atoms with Crippen LogP contribution in [0, 0.1) is 6.92 Å². The summed E-state index contributed by atoms with van der Waals surface area (Å²) in [7, 11) is 1.82. The van der Waals surface area contributed by atoms with Gasteiger partial charge in [-0.3, -0.25) is 9.89 Å². The summed E-state index contributed by atoms with van der Waals surface area (Å²) in [6.07, 6.45) is 4.44. The first-order valence-electron chi connectivity index (χ1n) is 8.88. The first-order chi connectivity index (χ1) is 12.2. The zero-order valence-electron chi connectivity index (χ0n) is 15.0. The molecule has 6 heteroatoms. The molecule has 0 spiro atoms. The van der Waals surface area contributed by atoms with E-state index in [1.807, 2.05) is 20.2 Å². The lowest BCUT2D eigenvalue weighted by Gasteiger charge is -2.25. The van der Waals surface area contributed by atoms with Gasteiger partial charge in [0.25, 0.3) is 0 Å². The number of rotatable bonds is 6. The molecule has 0 amide bonds. The molecule has 3 rings (SSSR count). The van der Waals surface area contributed by atoms with Gasteiger partial charge in [0.05, 0.1) is 11.6 Å². The van der Waals surface area contributed by atoms with Gasteiger partial charge in [-0.05, 0) is 31.9 Å². The van der Waals surface area contributed by atoms with Gasteiger partial charge >= 0.3 is 0 Å². The molecule has 1 aliphatic rings. The number of thiazole rings is 1. The SMILES string of the molecule is CN=C(NCc1cnc(C)s1)NCC1CCCN1Cc1ccccc1. The summed E-state index contributed by atoms with van der Waals surface area (Å²) in [6, 6.07) is 11.3. The molecule has 134 valence electrons. The van der Waals surface area contributed by atoms with Crippen molar-refractivity contribution < 1.29 is 0 Å². The number of likely N-dealkylation sites (tertiary alicyclic amines) is 1. The molecule has 0 bridgehead atoms. The van der Waals surface area contributed by atoms with E-state index in [-0.39, 0.29) is 0 Å². The predicted octanol–water partition coefficient (Wildman–Crippen LogP) is 2.78. The number of aromatic nitrogens is 1. The predicted molar refractivity (Wildman–Crippen MR) is 105 cm³/mol. The summed E-state index contributed by atoms with van der Waals surface area (Å²) < 4.78 is 0. The second kappa shape index (κ2) is 8.97. The maximum atomic E-state index is 4.34. The maximum Gasteiger partial charge on any atom is 0.191 e. The summed E-state index contributed by atoms with van der Waals surface area (Å²) in [6.45, 7) is 5.92. The van der Waals surface area contributed by atoms with Crippen molar-refractivity contribution in [3.05, 3.63) is 52.0 Å². The zero-order valence-corrected chi connectivity index (χ0v) is 15.9. The van der Waals surface area contributed by atoms with E-state index >= 15 is 0 Å². The number of hydrogen-bond acceptors (Lipinski definition) is 4. The number of hydrogen-bond donors (Lipinski definition) is 2. The van der Waals surface area contributed by atoms with Crippen LogP contribution in [0.2, 0.25) is 0 Å². The second-order valence-corrected chi connectivity index (χ2v) is 7.72. The highest BCUT2D eigenvalue weighted by atomic mass is 32.1. The van der Waals surface area contributed by atoms with Crippen molar-refractivity contribution >= 4 is 17.3 Å². The molecule has 5 nitrogen and oxygen atoms in total. The molecule has 2 N–H and O–H groups in total. The second-order valence-electron chi connectivity index (χ2n) is 6.40. The van der Waals surface area contributed by atoms with Gasteiger partial charge in [-0.15, -0.1) is 11.3 Å². The van der Waals surface area contributed by atoms with E-state index < -0.39 is 0 Å². The number of aryl methyl sites for hydroxylation is 1. The number of nitrogens with one attached hydrogen (secondary N) is 2. The van der Waals surface area contributed by atoms with E-state index in [4.69, 9.17) is 0 Å². The fourth-order valence-corrected chi connectivity index (χ4v) is 3.98. The Kier molecular flexibility index (Phi) is 6.42. The molecule has 1 unspecified atom stereocenters. The van der Waals surface area contributed by atoms with Crippen LogP contribution in [0.5, 0.6) is 0 Å². The largest absolute Gasteiger partial charge is 0.355 e. The fraction of sp³-hybridized carbons (Fsp3) is 0.474. The van der Waals surface area contributed by atoms with Crippen molar-refractivity contribution in [1.82, 2.24) is 20.5 Å². The van der Waals surface area contributed by atoms with Crippen molar-refractivity contribution in [2.45, 2.75) is 38.9 Å². The standard InChI is InChI=1S/C19H27N5S/c1-15-21-12-18(25-15)13-23-19(20-2)22-11-17-9-6-10-24(17)14-16-7-4-3-5-8-16/h3-5,7-8,12,17H,6,9-11,13-14H2,1-2H3,(H2,20,22,23). The van der Waals surface area contributed by atoms with Gasteiger partial charge in [0.15, 0.2) is 5.96 Å². The highest BCUT2D eigenvalue weighted by molar-refractivity contribution is 7.11. The lowest BCUT2D eigenvalue weighted by molar-refractivity contribution is 0.245. The lowest BCUT2D eigenvalue weighted by atomic mass is 10.2. The number of benzene rings is 1. The third-order valence-corrected chi connectivity index (χ3v) is 5.47. The van der Waals surface area contributed by atoms with Crippen LogP contribution in [0.15, 0.2) is 41.5 Å². The van der Waals surface area contributed by atoms with Crippen molar-refractivity contribution in [3.8, 4) is 0 Å². The molecule has 1 aliphatic heterocycles. The monoisotopic (exact) mass is 357 g/mol. The van der Waals surface area contributed by atoms with Gasteiger partial charge in [-0.25, -0.2) is 4.98 Å². The Hall–Kier alpha value is -1.92. The minimum Gasteiger partial charge on any atom is -0.355 e. The molecule has 2 aromatic rings. The minimum atomic E-state index is 0.560. The summed E-state index contributed by atoms with van der Waals surface area (Å²) in [5.41, 5.74) is 1.39. The van der Waals surface area contributed by atoms with Gasteiger partial charge in [0.2, 0.25) is 0 Å². The van der Waals surface area contributed by atoms with Crippen LogP contribution in [0.3, 0.4) is 0 Å². The van der Waals surface area contributed by atoms with E-state index in [2.05, 4.69) is 55.8 Å². The molecule has 1 atom stereocenters. The zero-order chi connectivity index (χ0) is 17.5. The number of nitrogens with zero attached hydrogens (tertiary/aromatic N) is 3. The Bertz CT molecular complexity index is 682. The van der Waals surface area contributed by atoms with E-state index in [1.165, 1.54) is 29.8 Å². The van der Waals surface area contributed by atoms with Crippen LogP contribution < -0.4 is 10.6 Å². The van der Waals surface area contributed by atoms with Crippen molar-refractivity contribution in [3.63, 3.8) is 0 Å². The molecule has 1 aromatic carbocycles. The van der Waals surface area contributed by atoms with E-state index in [0.717, 1.165) is 30.6 Å². The van der Waals surface area contributed by atoms with Crippen LogP contribution in [0.25, 0.3) is 0 Å². The van der Waals surface area contributed by atoms with Gasteiger partial charge in [0.1, 0.15) is 0 Å². The van der Waals surface area contributed by atoms with Crippen LogP contribution in [0.4, 0.5) is 0 Å². The molecule has 2 heterocycles. The lowest BCUT2D eigenvalue weighted by Crippen LogP contribution is -2.44. The average molecular weight is 358 g/mol.